The Kier molecular flexibility index (Phi) is 10.3. The number of carboxylic acid groups (broad SMARTS) is 1. The standard InChI is InChI=1S/C25H23ClN8O5S2/c26-17-8-6-16(7-9-17)23(39)33-34-19(12-18-13-40-24(28-18)27-11-10-21(36)37)29-32-25(34)41-14-20(35)30-31-22(38)15-4-2-1-3-5-15/h1-9,13H,10-12,14H2,(H,27,28)(H,30,35)(H,31,38)(H,33,39)(H,36,37). The Labute approximate surface area is 246 Å². The number of thiazole rings is 1. The van der Waals surface area contributed by atoms with Gasteiger partial charge in [-0.1, -0.05) is 41.6 Å². The molecule has 5 N–H and O–H groups in total. The lowest BCUT2D eigenvalue weighted by Gasteiger charge is -2.12. The topological polar surface area (TPSA) is 180 Å². The predicted octanol–water partition coefficient (Wildman–Crippen LogP) is 2.80. The van der Waals surface area contributed by atoms with E-state index in [1.165, 1.54) is 16.0 Å². The molecule has 0 saturated heterocycles. The first kappa shape index (κ1) is 29.5. The molecule has 2 aromatic heterocycles. The van der Waals surface area contributed by atoms with Gasteiger partial charge in [-0.2, -0.15) is 0 Å². The maximum Gasteiger partial charge on any atom is 0.305 e. The molecule has 0 bridgehead atoms. The van der Waals surface area contributed by atoms with Gasteiger partial charge >= 0.3 is 5.97 Å². The molecule has 0 atom stereocenters. The molecule has 0 unspecified atom stereocenters. The minimum atomic E-state index is -0.920. The van der Waals surface area contributed by atoms with E-state index in [0.717, 1.165) is 11.8 Å². The van der Waals surface area contributed by atoms with Crippen LogP contribution in [0.3, 0.4) is 0 Å². The zero-order valence-corrected chi connectivity index (χ0v) is 23.6. The predicted molar refractivity (Wildman–Crippen MR) is 154 cm³/mol. The molecule has 41 heavy (non-hydrogen) atoms. The molecule has 16 heteroatoms. The van der Waals surface area contributed by atoms with Crippen LogP contribution in [-0.4, -0.2) is 61.0 Å². The van der Waals surface area contributed by atoms with Crippen molar-refractivity contribution in [1.29, 1.82) is 0 Å². The van der Waals surface area contributed by atoms with Crippen molar-refractivity contribution in [3.05, 3.63) is 87.6 Å². The number of thioether (sulfide) groups is 1. The first-order valence-electron chi connectivity index (χ1n) is 12.0. The Morgan fingerprint density at radius 2 is 1.68 bits per heavy atom. The van der Waals surface area contributed by atoms with Crippen molar-refractivity contribution in [3.63, 3.8) is 0 Å². The van der Waals surface area contributed by atoms with Crippen molar-refractivity contribution in [2.75, 3.05) is 23.0 Å². The number of rotatable bonds is 12. The number of amides is 3. The summed E-state index contributed by atoms with van der Waals surface area (Å²) in [6.45, 7) is 0.226. The number of carbonyl (C=O) groups is 4. The van der Waals surface area contributed by atoms with Crippen molar-refractivity contribution in [2.24, 2.45) is 0 Å². The van der Waals surface area contributed by atoms with E-state index < -0.39 is 23.7 Å². The summed E-state index contributed by atoms with van der Waals surface area (Å²) in [6, 6.07) is 14.7. The molecule has 13 nitrogen and oxygen atoms in total. The highest BCUT2D eigenvalue weighted by Gasteiger charge is 2.19. The van der Waals surface area contributed by atoms with E-state index in [9.17, 15) is 19.2 Å². The molecule has 4 aromatic rings. The molecule has 4 rings (SSSR count). The number of carboxylic acids is 1. The molecule has 2 heterocycles. The fraction of sp³-hybridized carbons (Fsp3) is 0.160. The molecular formula is C25H23ClN8O5S2. The summed E-state index contributed by atoms with van der Waals surface area (Å²) in [5.41, 5.74) is 8.78. The molecule has 0 spiro atoms. The zero-order chi connectivity index (χ0) is 29.2. The second kappa shape index (κ2) is 14.2. The number of aromatic nitrogens is 4. The van der Waals surface area contributed by atoms with Gasteiger partial charge in [0.15, 0.2) is 11.0 Å². The Bertz CT molecular complexity index is 1530. The van der Waals surface area contributed by atoms with Crippen molar-refractivity contribution in [1.82, 2.24) is 30.7 Å². The van der Waals surface area contributed by atoms with Crippen LogP contribution in [0.15, 0.2) is 65.1 Å². The van der Waals surface area contributed by atoms with Gasteiger partial charge in [0.2, 0.25) is 11.1 Å². The lowest BCUT2D eigenvalue weighted by atomic mass is 10.2. The highest BCUT2D eigenvalue weighted by Crippen LogP contribution is 2.21. The van der Waals surface area contributed by atoms with Crippen LogP contribution < -0.4 is 21.6 Å². The van der Waals surface area contributed by atoms with Crippen LogP contribution in [0.4, 0.5) is 5.13 Å². The summed E-state index contributed by atoms with van der Waals surface area (Å²) in [5.74, 6) is -2.15. The highest BCUT2D eigenvalue weighted by atomic mass is 35.5. The molecule has 0 fully saturated rings. The van der Waals surface area contributed by atoms with Gasteiger partial charge in [-0.25, -0.2) is 9.66 Å². The number of hydrazine groups is 1. The third-order valence-electron chi connectivity index (χ3n) is 5.21. The Hall–Kier alpha value is -4.47. The molecule has 0 aliphatic heterocycles. The lowest BCUT2D eigenvalue weighted by molar-refractivity contribution is -0.136. The van der Waals surface area contributed by atoms with Crippen LogP contribution in [0, 0.1) is 0 Å². The second-order valence-corrected chi connectivity index (χ2v) is 10.5. The molecule has 0 aliphatic rings. The van der Waals surface area contributed by atoms with E-state index in [1.807, 2.05) is 0 Å². The summed E-state index contributed by atoms with van der Waals surface area (Å²) in [5, 5.41) is 23.1. The number of anilines is 1. The Balaban J connectivity index is 1.44. The van der Waals surface area contributed by atoms with Crippen LogP contribution in [0.5, 0.6) is 0 Å². The van der Waals surface area contributed by atoms with E-state index in [2.05, 4.69) is 36.8 Å². The van der Waals surface area contributed by atoms with Crippen molar-refractivity contribution >= 4 is 63.5 Å². The van der Waals surface area contributed by atoms with Gasteiger partial charge in [-0.3, -0.25) is 35.5 Å². The SMILES string of the molecule is O=C(O)CCNc1nc(Cc2nnc(SCC(=O)NNC(=O)c3ccccc3)n2NC(=O)c2ccc(Cl)cc2)cs1. The second-order valence-electron chi connectivity index (χ2n) is 8.23. The Morgan fingerprint density at radius 1 is 0.951 bits per heavy atom. The number of hydrogen-bond acceptors (Lipinski definition) is 10. The van der Waals surface area contributed by atoms with Gasteiger partial charge in [0, 0.05) is 28.1 Å². The molecule has 3 amide bonds. The summed E-state index contributed by atoms with van der Waals surface area (Å²) < 4.78 is 1.37. The van der Waals surface area contributed by atoms with Gasteiger partial charge in [-0.15, -0.1) is 21.5 Å². The van der Waals surface area contributed by atoms with Crippen LogP contribution in [0.1, 0.15) is 38.7 Å². The van der Waals surface area contributed by atoms with Gasteiger partial charge in [0.25, 0.3) is 11.8 Å². The zero-order valence-electron chi connectivity index (χ0n) is 21.2. The fourth-order valence-corrected chi connectivity index (χ4v) is 4.83. The highest BCUT2D eigenvalue weighted by molar-refractivity contribution is 7.99. The lowest BCUT2D eigenvalue weighted by Crippen LogP contribution is -2.42. The number of carbonyl (C=O) groups excluding carboxylic acids is 3. The van der Waals surface area contributed by atoms with Crippen LogP contribution in [-0.2, 0) is 16.0 Å². The molecule has 0 radical (unpaired) electrons. The summed E-state index contributed by atoms with van der Waals surface area (Å²) in [6.07, 6.45) is 0.134. The van der Waals surface area contributed by atoms with Crippen molar-refractivity contribution < 1.29 is 24.3 Å². The molecule has 0 saturated carbocycles. The van der Waals surface area contributed by atoms with E-state index in [4.69, 9.17) is 16.7 Å². The van der Waals surface area contributed by atoms with E-state index in [-0.39, 0.29) is 30.3 Å². The number of nitrogens with zero attached hydrogens (tertiary/aromatic N) is 4. The molecule has 212 valence electrons. The Morgan fingerprint density at radius 3 is 2.41 bits per heavy atom. The monoisotopic (exact) mass is 614 g/mol. The molecular weight excluding hydrogens is 592 g/mol. The fourth-order valence-electron chi connectivity index (χ4n) is 3.25. The van der Waals surface area contributed by atoms with Crippen LogP contribution >= 0.6 is 34.7 Å². The van der Waals surface area contributed by atoms with Gasteiger partial charge in [0.1, 0.15) is 0 Å². The maximum absolute atomic E-state index is 13.0. The number of benzene rings is 2. The van der Waals surface area contributed by atoms with Gasteiger partial charge in [-0.05, 0) is 36.4 Å². The number of halogens is 1. The number of aliphatic carboxylic acids is 1. The normalized spacial score (nSPS) is 10.6. The van der Waals surface area contributed by atoms with Crippen molar-refractivity contribution in [3.8, 4) is 0 Å². The number of hydrogen-bond donors (Lipinski definition) is 5. The summed E-state index contributed by atoms with van der Waals surface area (Å²) >= 11 is 8.23. The minimum absolute atomic E-state index is 0.0515. The smallest absolute Gasteiger partial charge is 0.305 e. The van der Waals surface area contributed by atoms with Gasteiger partial charge in [0.05, 0.1) is 24.3 Å². The molecule has 0 aliphatic carbocycles. The largest absolute Gasteiger partial charge is 0.481 e. The quantitative estimate of drug-likeness (QED) is 0.118. The van der Waals surface area contributed by atoms with E-state index >= 15 is 0 Å². The van der Waals surface area contributed by atoms with E-state index in [0.29, 0.717) is 32.8 Å². The first-order valence-corrected chi connectivity index (χ1v) is 14.2. The van der Waals surface area contributed by atoms with Crippen LogP contribution in [0.25, 0.3) is 0 Å². The average molecular weight is 615 g/mol. The summed E-state index contributed by atoms with van der Waals surface area (Å²) in [4.78, 5) is 52.7. The third kappa shape index (κ3) is 8.76. The van der Waals surface area contributed by atoms with Gasteiger partial charge < -0.3 is 10.4 Å². The number of nitrogens with one attached hydrogen (secondary N) is 4. The van der Waals surface area contributed by atoms with Crippen LogP contribution in [0.2, 0.25) is 5.02 Å². The van der Waals surface area contributed by atoms with E-state index in [1.54, 1.807) is 60.0 Å². The maximum atomic E-state index is 13.0. The summed E-state index contributed by atoms with van der Waals surface area (Å²) in [7, 11) is 0. The molecule has 2 aromatic carbocycles. The van der Waals surface area contributed by atoms with Crippen molar-refractivity contribution in [2.45, 2.75) is 18.0 Å². The average Bonchev–Trinajstić information content (AvgIpc) is 3.57. The first-order chi connectivity index (χ1) is 19.8. The minimum Gasteiger partial charge on any atom is -0.481 e. The third-order valence-corrected chi connectivity index (χ3v) is 7.24.